The van der Waals surface area contributed by atoms with Gasteiger partial charge in [-0.1, -0.05) is 0 Å². The second-order valence-corrected chi connectivity index (χ2v) is 8.48. The quantitative estimate of drug-likeness (QED) is 0.412. The molecule has 1 saturated carbocycles. The Morgan fingerprint density at radius 3 is 2.54 bits per heavy atom. The minimum Gasteiger partial charge on any atom is -0.494 e. The van der Waals surface area contributed by atoms with E-state index < -0.39 is 48.9 Å². The minimum atomic E-state index is -4.97. The zero-order chi connectivity index (χ0) is 26.9. The first-order valence-electron chi connectivity index (χ1n) is 11.4. The molecule has 200 valence electrons. The van der Waals surface area contributed by atoms with Crippen molar-refractivity contribution in [1.29, 1.82) is 0 Å². The zero-order valence-corrected chi connectivity index (χ0v) is 20.2. The van der Waals surface area contributed by atoms with Crippen molar-refractivity contribution in [2.45, 2.75) is 44.5 Å². The number of amides is 2. The Kier molecular flexibility index (Phi) is 7.37. The summed E-state index contributed by atoms with van der Waals surface area (Å²) >= 11 is 0. The van der Waals surface area contributed by atoms with Gasteiger partial charge in [0.05, 0.1) is 37.8 Å². The van der Waals surface area contributed by atoms with E-state index in [0.29, 0.717) is 23.4 Å². The smallest absolute Gasteiger partial charge is 0.414 e. The van der Waals surface area contributed by atoms with E-state index in [1.807, 2.05) is 0 Å². The summed E-state index contributed by atoms with van der Waals surface area (Å²) in [5.74, 6) is -0.211. The molecule has 0 spiro atoms. The summed E-state index contributed by atoms with van der Waals surface area (Å²) < 4.78 is 82.2. The van der Waals surface area contributed by atoms with Gasteiger partial charge in [-0.2, -0.15) is 13.2 Å². The molecule has 3 aromatic rings. The van der Waals surface area contributed by atoms with E-state index in [-0.39, 0.29) is 22.9 Å². The Hall–Kier alpha value is -3.71. The molecule has 2 unspecified atom stereocenters. The predicted molar refractivity (Wildman–Crippen MR) is 122 cm³/mol. The highest BCUT2D eigenvalue weighted by atomic mass is 19.4. The summed E-state index contributed by atoms with van der Waals surface area (Å²) in [5.41, 5.74) is 0.205. The monoisotopic (exact) mass is 528 g/mol. The molecule has 1 fully saturated rings. The van der Waals surface area contributed by atoms with Gasteiger partial charge in [-0.05, 0) is 31.7 Å². The Morgan fingerprint density at radius 1 is 1.24 bits per heavy atom. The van der Waals surface area contributed by atoms with Crippen molar-refractivity contribution in [2.24, 2.45) is 5.92 Å². The second-order valence-electron chi connectivity index (χ2n) is 8.48. The molecule has 2 atom stereocenters. The number of nitrogens with one attached hydrogen (secondary N) is 1. The summed E-state index contributed by atoms with van der Waals surface area (Å²) in [6.07, 6.45) is -1.18. The molecule has 3 aromatic heterocycles. The van der Waals surface area contributed by atoms with Gasteiger partial charge < -0.3 is 24.1 Å². The van der Waals surface area contributed by atoms with E-state index in [1.165, 1.54) is 33.5 Å². The zero-order valence-electron chi connectivity index (χ0n) is 20.2. The van der Waals surface area contributed by atoms with Crippen molar-refractivity contribution in [3.05, 3.63) is 36.5 Å². The van der Waals surface area contributed by atoms with Crippen molar-refractivity contribution >= 4 is 11.7 Å². The van der Waals surface area contributed by atoms with Gasteiger partial charge in [0, 0.05) is 30.7 Å². The largest absolute Gasteiger partial charge is 0.494 e. The molecule has 9 nitrogen and oxygen atoms in total. The Balaban J connectivity index is 1.77. The molecule has 0 bridgehead atoms. The molecule has 0 aliphatic heterocycles. The van der Waals surface area contributed by atoms with Gasteiger partial charge in [-0.15, -0.1) is 0 Å². The Labute approximate surface area is 208 Å². The Bertz CT molecular complexity index is 1260. The molecule has 1 aliphatic carbocycles. The van der Waals surface area contributed by atoms with Gasteiger partial charge in [0.1, 0.15) is 5.75 Å². The molecule has 0 saturated heterocycles. The van der Waals surface area contributed by atoms with E-state index in [0.717, 1.165) is 12.3 Å². The molecule has 1 N–H and O–H groups in total. The highest BCUT2D eigenvalue weighted by Crippen LogP contribution is 2.41. The summed E-state index contributed by atoms with van der Waals surface area (Å²) in [6, 6.07) is -4.17. The fourth-order valence-corrected chi connectivity index (χ4v) is 4.16. The standard InChI is InChI=1S/C23H25F5N6O3/c1-4-34(22(35)32-17(19(24)25)12-5-6-12)18(23(26,27)28)14-9-13(16(36-2)10-30-14)15-11-33-8-7-29-20(33)21(31-15)37-3/h7-12,17-19H,4-6H2,1-3H3,(H,32,35). The fraction of sp³-hybridized carbons (Fsp3) is 0.478. The number of hydrogen-bond donors (Lipinski definition) is 1. The molecular weight excluding hydrogens is 503 g/mol. The van der Waals surface area contributed by atoms with Crippen LogP contribution in [0.5, 0.6) is 11.6 Å². The van der Waals surface area contributed by atoms with Gasteiger partial charge >= 0.3 is 12.2 Å². The molecular formula is C23H25F5N6O3. The van der Waals surface area contributed by atoms with E-state index in [2.05, 4.69) is 20.3 Å². The number of rotatable bonds is 9. The van der Waals surface area contributed by atoms with Crippen LogP contribution in [0.15, 0.2) is 30.9 Å². The van der Waals surface area contributed by atoms with Gasteiger partial charge in [0.15, 0.2) is 11.7 Å². The number of urea groups is 1. The number of methoxy groups -OCH3 is 2. The number of hydrogen-bond acceptors (Lipinski definition) is 6. The van der Waals surface area contributed by atoms with E-state index >= 15 is 0 Å². The highest BCUT2D eigenvalue weighted by Gasteiger charge is 2.48. The third-order valence-corrected chi connectivity index (χ3v) is 6.12. The number of ether oxygens (including phenoxy) is 2. The van der Waals surface area contributed by atoms with Gasteiger partial charge in [-0.25, -0.2) is 23.5 Å². The van der Waals surface area contributed by atoms with Gasteiger partial charge in [-0.3, -0.25) is 4.98 Å². The summed E-state index contributed by atoms with van der Waals surface area (Å²) in [5, 5.41) is 2.10. The van der Waals surface area contributed by atoms with Crippen LogP contribution < -0.4 is 14.8 Å². The molecule has 3 heterocycles. The average molecular weight is 528 g/mol. The maximum absolute atomic E-state index is 14.4. The van der Waals surface area contributed by atoms with Crippen LogP contribution in [0.2, 0.25) is 0 Å². The van der Waals surface area contributed by atoms with Crippen LogP contribution in [0.25, 0.3) is 16.9 Å². The lowest BCUT2D eigenvalue weighted by Crippen LogP contribution is -2.52. The third kappa shape index (κ3) is 5.37. The number of nitrogens with zero attached hydrogens (tertiary/aromatic N) is 5. The molecule has 37 heavy (non-hydrogen) atoms. The lowest BCUT2D eigenvalue weighted by atomic mass is 10.1. The number of imidazole rings is 1. The number of carbonyl (C=O) groups is 1. The molecule has 1 aliphatic rings. The van der Waals surface area contributed by atoms with Crippen LogP contribution in [-0.2, 0) is 0 Å². The normalized spacial score (nSPS) is 15.5. The SMILES string of the molecule is CCN(C(=O)NC(C(F)F)C1CC1)C(c1cc(-c2cn3ccnc3c(OC)n2)c(OC)cn1)C(F)(F)F. The third-order valence-electron chi connectivity index (χ3n) is 6.12. The first-order valence-corrected chi connectivity index (χ1v) is 11.4. The van der Waals surface area contributed by atoms with Crippen molar-refractivity contribution in [3.63, 3.8) is 0 Å². The number of alkyl halides is 5. The van der Waals surface area contributed by atoms with Gasteiger partial charge in [0.25, 0.3) is 12.3 Å². The lowest BCUT2D eigenvalue weighted by Gasteiger charge is -2.33. The van der Waals surface area contributed by atoms with Crippen molar-refractivity contribution < 1.29 is 36.2 Å². The average Bonchev–Trinajstić information content (AvgIpc) is 3.59. The minimum absolute atomic E-state index is 0.123. The summed E-state index contributed by atoms with van der Waals surface area (Å²) in [6.45, 7) is 0.920. The first kappa shape index (κ1) is 26.4. The number of pyridine rings is 1. The van der Waals surface area contributed by atoms with Crippen LogP contribution in [0, 0.1) is 5.92 Å². The van der Waals surface area contributed by atoms with Crippen LogP contribution in [0.1, 0.15) is 31.5 Å². The lowest BCUT2D eigenvalue weighted by molar-refractivity contribution is -0.179. The van der Waals surface area contributed by atoms with Crippen molar-refractivity contribution in [2.75, 3.05) is 20.8 Å². The van der Waals surface area contributed by atoms with Crippen LogP contribution in [0.3, 0.4) is 0 Å². The van der Waals surface area contributed by atoms with Crippen LogP contribution in [-0.4, -0.2) is 69.7 Å². The maximum Gasteiger partial charge on any atom is 0.414 e. The van der Waals surface area contributed by atoms with E-state index in [1.54, 1.807) is 10.6 Å². The number of halogens is 5. The Morgan fingerprint density at radius 2 is 1.97 bits per heavy atom. The molecule has 4 rings (SSSR count). The van der Waals surface area contributed by atoms with E-state index in [9.17, 15) is 26.7 Å². The predicted octanol–water partition coefficient (Wildman–Crippen LogP) is 4.49. The molecule has 2 amide bonds. The fourth-order valence-electron chi connectivity index (χ4n) is 4.16. The number of aromatic nitrogens is 4. The van der Waals surface area contributed by atoms with Crippen LogP contribution >= 0.6 is 0 Å². The van der Waals surface area contributed by atoms with Crippen molar-refractivity contribution in [1.82, 2.24) is 29.6 Å². The van der Waals surface area contributed by atoms with Crippen molar-refractivity contribution in [3.8, 4) is 22.9 Å². The number of fused-ring (bicyclic) bond motifs is 1. The molecule has 0 aromatic carbocycles. The summed E-state index contributed by atoms with van der Waals surface area (Å²) in [7, 11) is 2.70. The summed E-state index contributed by atoms with van der Waals surface area (Å²) in [4.78, 5) is 25.7. The number of carbonyl (C=O) groups excluding carboxylic acids is 1. The highest BCUT2D eigenvalue weighted by molar-refractivity contribution is 5.76. The molecule has 0 radical (unpaired) electrons. The second kappa shape index (κ2) is 10.3. The first-order chi connectivity index (χ1) is 17.6. The van der Waals surface area contributed by atoms with Gasteiger partial charge in [0.2, 0.25) is 0 Å². The topological polar surface area (TPSA) is 93.9 Å². The van der Waals surface area contributed by atoms with Crippen LogP contribution in [0.4, 0.5) is 26.7 Å². The van der Waals surface area contributed by atoms with E-state index in [4.69, 9.17) is 9.47 Å². The maximum atomic E-state index is 14.4. The molecule has 14 heteroatoms.